The zero-order valence-corrected chi connectivity index (χ0v) is 13.6. The zero-order valence-electron chi connectivity index (χ0n) is 12.8. The molecule has 0 unspecified atom stereocenters. The largest absolute Gasteiger partial charge is 0.338 e. The molecule has 0 bridgehead atoms. The van der Waals surface area contributed by atoms with E-state index in [1.54, 1.807) is 22.9 Å². The minimum Gasteiger partial charge on any atom is -0.338 e. The first-order valence-corrected chi connectivity index (χ1v) is 8.47. The lowest BCUT2D eigenvalue weighted by atomic mass is 10.1. The molecule has 1 amide bonds. The van der Waals surface area contributed by atoms with Crippen molar-refractivity contribution in [1.82, 2.24) is 14.7 Å². The van der Waals surface area contributed by atoms with Gasteiger partial charge in [-0.2, -0.15) is 5.10 Å². The number of amides is 1. The van der Waals surface area contributed by atoms with Gasteiger partial charge in [0.05, 0.1) is 4.88 Å². The number of thiophene rings is 1. The summed E-state index contributed by atoms with van der Waals surface area (Å²) in [6.45, 7) is 1.65. The molecule has 4 nitrogen and oxygen atoms in total. The first kappa shape index (κ1) is 14.4. The summed E-state index contributed by atoms with van der Waals surface area (Å²) in [7, 11) is 1.83. The van der Waals surface area contributed by atoms with Crippen LogP contribution in [0.2, 0.25) is 0 Å². The van der Waals surface area contributed by atoms with E-state index in [0.29, 0.717) is 16.1 Å². The van der Waals surface area contributed by atoms with Crippen molar-refractivity contribution in [3.63, 3.8) is 0 Å². The maximum Gasteiger partial charge on any atom is 0.264 e. The fourth-order valence-corrected chi connectivity index (χ4v) is 4.11. The predicted octanol–water partition coefficient (Wildman–Crippen LogP) is 3.68. The molecule has 1 aliphatic rings. The van der Waals surface area contributed by atoms with Crippen molar-refractivity contribution < 1.29 is 9.18 Å². The third kappa shape index (κ3) is 2.34. The van der Waals surface area contributed by atoms with Crippen molar-refractivity contribution >= 4 is 27.5 Å². The lowest BCUT2D eigenvalue weighted by Gasteiger charge is -2.13. The summed E-state index contributed by atoms with van der Waals surface area (Å²) < 4.78 is 15.8. The van der Waals surface area contributed by atoms with Crippen LogP contribution in [0, 0.1) is 5.82 Å². The van der Waals surface area contributed by atoms with Gasteiger partial charge < -0.3 is 4.90 Å². The molecule has 1 aromatic carbocycles. The van der Waals surface area contributed by atoms with Crippen LogP contribution in [0.4, 0.5) is 4.39 Å². The first-order valence-electron chi connectivity index (χ1n) is 7.66. The Hall–Kier alpha value is -2.21. The Labute approximate surface area is 137 Å². The Kier molecular flexibility index (Phi) is 3.41. The molecule has 2 aromatic heterocycles. The highest BCUT2D eigenvalue weighted by Crippen LogP contribution is 2.35. The normalized spacial score (nSPS) is 14.8. The molecule has 0 spiro atoms. The summed E-state index contributed by atoms with van der Waals surface area (Å²) in [5, 5.41) is 5.28. The van der Waals surface area contributed by atoms with Crippen molar-refractivity contribution in [1.29, 1.82) is 0 Å². The molecule has 0 radical (unpaired) electrons. The van der Waals surface area contributed by atoms with Crippen LogP contribution in [-0.2, 0) is 7.05 Å². The third-order valence-electron chi connectivity index (χ3n) is 4.24. The van der Waals surface area contributed by atoms with Gasteiger partial charge in [-0.05, 0) is 31.0 Å². The molecule has 23 heavy (non-hydrogen) atoms. The highest BCUT2D eigenvalue weighted by molar-refractivity contribution is 7.20. The lowest BCUT2D eigenvalue weighted by molar-refractivity contribution is 0.0797. The van der Waals surface area contributed by atoms with Gasteiger partial charge in [0.15, 0.2) is 0 Å². The molecule has 0 saturated carbocycles. The number of carbonyl (C=O) groups excluding carboxylic acids is 1. The van der Waals surface area contributed by atoms with Gasteiger partial charge in [0, 0.05) is 31.1 Å². The number of likely N-dealkylation sites (tertiary alicyclic amines) is 1. The summed E-state index contributed by atoms with van der Waals surface area (Å²) >= 11 is 1.43. The molecule has 0 atom stereocenters. The number of nitrogens with zero attached hydrogens (tertiary/aromatic N) is 3. The van der Waals surface area contributed by atoms with Crippen molar-refractivity contribution in [2.24, 2.45) is 7.05 Å². The van der Waals surface area contributed by atoms with Crippen LogP contribution < -0.4 is 0 Å². The minimum atomic E-state index is -0.300. The summed E-state index contributed by atoms with van der Waals surface area (Å²) in [6.07, 6.45) is 2.14. The van der Waals surface area contributed by atoms with Gasteiger partial charge in [-0.25, -0.2) is 4.39 Å². The number of aromatic nitrogens is 2. The number of hydrogen-bond donors (Lipinski definition) is 0. The summed E-state index contributed by atoms with van der Waals surface area (Å²) in [4.78, 5) is 16.1. The Morgan fingerprint density at radius 2 is 2.00 bits per heavy atom. The van der Waals surface area contributed by atoms with Gasteiger partial charge in [0.2, 0.25) is 0 Å². The molecule has 1 aliphatic heterocycles. The predicted molar refractivity (Wildman–Crippen MR) is 89.1 cm³/mol. The Morgan fingerprint density at radius 3 is 2.74 bits per heavy atom. The van der Waals surface area contributed by atoms with Crippen LogP contribution in [0.5, 0.6) is 0 Å². The number of benzene rings is 1. The van der Waals surface area contributed by atoms with Gasteiger partial charge in [0.25, 0.3) is 5.91 Å². The van der Waals surface area contributed by atoms with Crippen LogP contribution in [0.15, 0.2) is 30.3 Å². The Bertz CT molecular complexity index is 893. The molecule has 0 aliphatic carbocycles. The first-order chi connectivity index (χ1) is 11.1. The van der Waals surface area contributed by atoms with Crippen LogP contribution >= 0.6 is 11.3 Å². The maximum atomic E-state index is 14.1. The average molecular weight is 329 g/mol. The van der Waals surface area contributed by atoms with Crippen molar-refractivity contribution in [2.75, 3.05) is 13.1 Å². The van der Waals surface area contributed by atoms with E-state index in [1.807, 2.05) is 18.0 Å². The fraction of sp³-hybridized carbons (Fsp3) is 0.294. The summed E-state index contributed by atoms with van der Waals surface area (Å²) in [5.41, 5.74) is 1.06. The number of hydrogen-bond acceptors (Lipinski definition) is 3. The van der Waals surface area contributed by atoms with E-state index in [4.69, 9.17) is 0 Å². The molecule has 0 N–H and O–H groups in total. The number of rotatable bonds is 2. The lowest BCUT2D eigenvalue weighted by Crippen LogP contribution is -2.26. The van der Waals surface area contributed by atoms with E-state index in [0.717, 1.165) is 36.1 Å². The fourth-order valence-electron chi connectivity index (χ4n) is 3.07. The molecule has 1 fully saturated rings. The number of fused-ring (bicyclic) bond motifs is 1. The van der Waals surface area contributed by atoms with Crippen LogP contribution in [-0.4, -0.2) is 33.7 Å². The Balaban J connectivity index is 1.82. The summed E-state index contributed by atoms with van der Waals surface area (Å²) in [6, 6.07) is 8.46. The smallest absolute Gasteiger partial charge is 0.264 e. The number of carbonyl (C=O) groups is 1. The van der Waals surface area contributed by atoms with E-state index < -0.39 is 0 Å². The molecular weight excluding hydrogens is 313 g/mol. The van der Waals surface area contributed by atoms with Crippen molar-refractivity contribution in [3.8, 4) is 11.3 Å². The molecular formula is C17H16FN3OS. The molecule has 4 rings (SSSR count). The second-order valence-electron chi connectivity index (χ2n) is 5.78. The van der Waals surface area contributed by atoms with Gasteiger partial charge >= 0.3 is 0 Å². The van der Waals surface area contributed by atoms with E-state index in [2.05, 4.69) is 5.10 Å². The van der Waals surface area contributed by atoms with E-state index in [9.17, 15) is 9.18 Å². The second kappa shape index (κ2) is 5.45. The van der Waals surface area contributed by atoms with Gasteiger partial charge in [-0.3, -0.25) is 9.48 Å². The monoisotopic (exact) mass is 329 g/mol. The Morgan fingerprint density at radius 1 is 1.26 bits per heavy atom. The zero-order chi connectivity index (χ0) is 16.0. The standard InChI is InChI=1S/C17H16FN3OS/c1-20-17-12(15(19-20)11-6-2-3-7-13(11)18)10-14(23-17)16(22)21-8-4-5-9-21/h2-3,6-7,10H,4-5,8-9H2,1H3. The number of aryl methyl sites for hydroxylation is 1. The highest BCUT2D eigenvalue weighted by atomic mass is 32.1. The topological polar surface area (TPSA) is 38.1 Å². The van der Waals surface area contributed by atoms with E-state index >= 15 is 0 Å². The van der Waals surface area contributed by atoms with E-state index in [1.165, 1.54) is 17.4 Å². The SMILES string of the molecule is Cn1nc(-c2ccccc2F)c2cc(C(=O)N3CCCC3)sc21. The highest BCUT2D eigenvalue weighted by Gasteiger charge is 2.24. The van der Waals surface area contributed by atoms with E-state index in [-0.39, 0.29) is 11.7 Å². The summed E-state index contributed by atoms with van der Waals surface area (Å²) in [5.74, 6) is -0.227. The van der Waals surface area contributed by atoms with Gasteiger partial charge in [-0.1, -0.05) is 12.1 Å². The molecule has 3 heterocycles. The molecule has 6 heteroatoms. The molecule has 118 valence electrons. The van der Waals surface area contributed by atoms with Crippen LogP contribution in [0.3, 0.4) is 0 Å². The second-order valence-corrected chi connectivity index (χ2v) is 6.81. The van der Waals surface area contributed by atoms with Gasteiger partial charge in [0.1, 0.15) is 16.3 Å². The van der Waals surface area contributed by atoms with Gasteiger partial charge in [-0.15, -0.1) is 11.3 Å². The molecule has 3 aromatic rings. The van der Waals surface area contributed by atoms with Crippen molar-refractivity contribution in [2.45, 2.75) is 12.8 Å². The average Bonchev–Trinajstić information content (AvgIpc) is 3.26. The minimum absolute atomic E-state index is 0.0724. The van der Waals surface area contributed by atoms with Crippen LogP contribution in [0.1, 0.15) is 22.5 Å². The molecule has 1 saturated heterocycles. The number of halogens is 1. The quantitative estimate of drug-likeness (QED) is 0.719. The van der Waals surface area contributed by atoms with Crippen LogP contribution in [0.25, 0.3) is 21.5 Å². The third-order valence-corrected chi connectivity index (χ3v) is 5.43. The maximum absolute atomic E-state index is 14.1. The van der Waals surface area contributed by atoms with Crippen molar-refractivity contribution in [3.05, 3.63) is 41.0 Å².